The number of hydrogen-bond acceptors (Lipinski definition) is 3. The first-order valence-corrected chi connectivity index (χ1v) is 6.25. The molecule has 17 heavy (non-hydrogen) atoms. The van der Waals surface area contributed by atoms with E-state index in [9.17, 15) is 0 Å². The predicted molar refractivity (Wildman–Crippen MR) is 73.0 cm³/mol. The second-order valence-electron chi connectivity index (χ2n) is 3.47. The van der Waals surface area contributed by atoms with Gasteiger partial charge in [0.1, 0.15) is 5.75 Å². The SMILES string of the molecule is COc1ccc(Sc2ccc(N)cc2Cl)cc1. The molecule has 0 fully saturated rings. The largest absolute Gasteiger partial charge is 0.497 e. The van der Waals surface area contributed by atoms with Crippen LogP contribution >= 0.6 is 23.4 Å². The van der Waals surface area contributed by atoms with Crippen LogP contribution < -0.4 is 10.5 Å². The van der Waals surface area contributed by atoms with E-state index in [1.54, 1.807) is 24.9 Å². The van der Waals surface area contributed by atoms with Crippen molar-refractivity contribution in [1.82, 2.24) is 0 Å². The summed E-state index contributed by atoms with van der Waals surface area (Å²) in [5.74, 6) is 0.845. The lowest BCUT2D eigenvalue weighted by Gasteiger charge is -2.06. The lowest BCUT2D eigenvalue weighted by molar-refractivity contribution is 0.414. The Kier molecular flexibility index (Phi) is 3.82. The molecule has 0 unspecified atom stereocenters. The van der Waals surface area contributed by atoms with Crippen molar-refractivity contribution in [3.8, 4) is 5.75 Å². The summed E-state index contributed by atoms with van der Waals surface area (Å²) in [5, 5.41) is 0.672. The standard InChI is InChI=1S/C13H12ClNOS/c1-16-10-3-5-11(6-4-10)17-13-7-2-9(15)8-12(13)14/h2-8H,15H2,1H3. The molecule has 0 spiro atoms. The number of benzene rings is 2. The smallest absolute Gasteiger partial charge is 0.118 e. The van der Waals surface area contributed by atoms with Gasteiger partial charge in [-0.1, -0.05) is 23.4 Å². The second-order valence-corrected chi connectivity index (χ2v) is 4.99. The fraction of sp³-hybridized carbons (Fsp3) is 0.0769. The van der Waals surface area contributed by atoms with Gasteiger partial charge in [-0.25, -0.2) is 0 Å². The molecule has 0 saturated heterocycles. The highest BCUT2D eigenvalue weighted by Gasteiger charge is 2.03. The first-order chi connectivity index (χ1) is 8.19. The molecule has 88 valence electrons. The molecule has 0 amide bonds. The van der Waals surface area contributed by atoms with Crippen molar-refractivity contribution in [2.45, 2.75) is 9.79 Å². The van der Waals surface area contributed by atoms with Crippen molar-refractivity contribution in [3.05, 3.63) is 47.5 Å². The zero-order chi connectivity index (χ0) is 12.3. The average molecular weight is 266 g/mol. The van der Waals surface area contributed by atoms with Gasteiger partial charge >= 0.3 is 0 Å². The number of hydrogen-bond donors (Lipinski definition) is 1. The minimum Gasteiger partial charge on any atom is -0.497 e. The van der Waals surface area contributed by atoms with Crippen molar-refractivity contribution < 1.29 is 4.74 Å². The number of nitrogen functional groups attached to an aromatic ring is 1. The Hall–Kier alpha value is -1.32. The van der Waals surface area contributed by atoms with Crippen LogP contribution in [0.15, 0.2) is 52.3 Å². The van der Waals surface area contributed by atoms with Crippen molar-refractivity contribution >= 4 is 29.1 Å². The van der Waals surface area contributed by atoms with Gasteiger partial charge in [0, 0.05) is 15.5 Å². The summed E-state index contributed by atoms with van der Waals surface area (Å²) in [6.07, 6.45) is 0. The highest BCUT2D eigenvalue weighted by Crippen LogP contribution is 2.34. The maximum Gasteiger partial charge on any atom is 0.118 e. The normalized spacial score (nSPS) is 10.2. The number of rotatable bonds is 3. The summed E-state index contributed by atoms with van der Waals surface area (Å²) < 4.78 is 5.11. The van der Waals surface area contributed by atoms with Gasteiger partial charge in [0.15, 0.2) is 0 Å². The van der Waals surface area contributed by atoms with E-state index in [0.717, 1.165) is 15.5 Å². The van der Waals surface area contributed by atoms with E-state index in [1.807, 2.05) is 36.4 Å². The Morgan fingerprint density at radius 3 is 2.41 bits per heavy atom. The molecule has 0 heterocycles. The van der Waals surface area contributed by atoms with Gasteiger partial charge in [-0.05, 0) is 42.5 Å². The summed E-state index contributed by atoms with van der Waals surface area (Å²) in [6, 6.07) is 13.4. The summed E-state index contributed by atoms with van der Waals surface area (Å²) in [4.78, 5) is 2.10. The van der Waals surface area contributed by atoms with Crippen LogP contribution in [-0.4, -0.2) is 7.11 Å². The molecule has 0 aliphatic heterocycles. The molecule has 0 bridgehead atoms. The van der Waals surface area contributed by atoms with Crippen molar-refractivity contribution in [1.29, 1.82) is 0 Å². The number of halogens is 1. The van der Waals surface area contributed by atoms with E-state index < -0.39 is 0 Å². The minimum atomic E-state index is 0.672. The van der Waals surface area contributed by atoms with Gasteiger partial charge in [0.25, 0.3) is 0 Å². The topological polar surface area (TPSA) is 35.2 Å². The Balaban J connectivity index is 2.19. The third-order valence-electron chi connectivity index (χ3n) is 2.24. The summed E-state index contributed by atoms with van der Waals surface area (Å²) in [7, 11) is 1.65. The van der Waals surface area contributed by atoms with Crippen LogP contribution in [0.5, 0.6) is 5.75 Å². The Morgan fingerprint density at radius 1 is 1.12 bits per heavy atom. The Labute approximate surface area is 110 Å². The van der Waals surface area contributed by atoms with Crippen LogP contribution in [0.3, 0.4) is 0 Å². The van der Waals surface area contributed by atoms with Crippen LogP contribution in [0, 0.1) is 0 Å². The zero-order valence-electron chi connectivity index (χ0n) is 9.31. The van der Waals surface area contributed by atoms with Crippen LogP contribution in [0.2, 0.25) is 5.02 Å². The molecule has 0 radical (unpaired) electrons. The van der Waals surface area contributed by atoms with E-state index in [1.165, 1.54) is 0 Å². The summed E-state index contributed by atoms with van der Waals surface area (Å²) in [5.41, 5.74) is 6.32. The zero-order valence-corrected chi connectivity index (χ0v) is 10.9. The maximum atomic E-state index is 6.11. The first kappa shape index (κ1) is 12.1. The number of nitrogens with two attached hydrogens (primary N) is 1. The molecule has 2 aromatic rings. The van der Waals surface area contributed by atoms with Gasteiger partial charge in [-0.3, -0.25) is 0 Å². The fourth-order valence-electron chi connectivity index (χ4n) is 1.37. The lowest BCUT2D eigenvalue weighted by Crippen LogP contribution is -1.85. The van der Waals surface area contributed by atoms with Gasteiger partial charge in [-0.15, -0.1) is 0 Å². The monoisotopic (exact) mass is 265 g/mol. The molecule has 2 aromatic carbocycles. The predicted octanol–water partition coefficient (Wildman–Crippen LogP) is 4.08. The highest BCUT2D eigenvalue weighted by atomic mass is 35.5. The quantitative estimate of drug-likeness (QED) is 0.850. The molecule has 2 N–H and O–H groups in total. The van der Waals surface area contributed by atoms with Gasteiger partial charge in [0.05, 0.1) is 12.1 Å². The van der Waals surface area contributed by atoms with Crippen LogP contribution in [0.25, 0.3) is 0 Å². The Morgan fingerprint density at radius 2 is 1.82 bits per heavy atom. The molecule has 0 aromatic heterocycles. The first-order valence-electron chi connectivity index (χ1n) is 5.06. The number of methoxy groups -OCH3 is 1. The van der Waals surface area contributed by atoms with Gasteiger partial charge < -0.3 is 10.5 Å². The molecule has 0 aliphatic rings. The summed E-state index contributed by atoms with van der Waals surface area (Å²) >= 11 is 7.71. The molecule has 0 saturated carbocycles. The van der Waals surface area contributed by atoms with E-state index in [4.69, 9.17) is 22.1 Å². The average Bonchev–Trinajstić information content (AvgIpc) is 2.34. The molecular weight excluding hydrogens is 254 g/mol. The third kappa shape index (κ3) is 3.08. The van der Waals surface area contributed by atoms with Crippen LogP contribution in [0.1, 0.15) is 0 Å². The number of anilines is 1. The maximum absolute atomic E-state index is 6.11. The van der Waals surface area contributed by atoms with Gasteiger partial charge in [-0.2, -0.15) is 0 Å². The molecule has 2 nitrogen and oxygen atoms in total. The van der Waals surface area contributed by atoms with E-state index >= 15 is 0 Å². The van der Waals surface area contributed by atoms with Crippen molar-refractivity contribution in [3.63, 3.8) is 0 Å². The van der Waals surface area contributed by atoms with E-state index in [2.05, 4.69) is 0 Å². The van der Waals surface area contributed by atoms with Gasteiger partial charge in [0.2, 0.25) is 0 Å². The molecule has 0 atom stereocenters. The lowest BCUT2D eigenvalue weighted by atomic mass is 10.3. The Bertz CT molecular complexity index is 513. The fourth-order valence-corrected chi connectivity index (χ4v) is 2.49. The van der Waals surface area contributed by atoms with Crippen LogP contribution in [0.4, 0.5) is 5.69 Å². The summed E-state index contributed by atoms with van der Waals surface area (Å²) in [6.45, 7) is 0. The minimum absolute atomic E-state index is 0.672. The third-order valence-corrected chi connectivity index (χ3v) is 3.75. The number of ether oxygens (including phenoxy) is 1. The van der Waals surface area contributed by atoms with E-state index in [0.29, 0.717) is 10.7 Å². The molecule has 2 rings (SSSR count). The second kappa shape index (κ2) is 5.34. The highest BCUT2D eigenvalue weighted by molar-refractivity contribution is 7.99. The molecular formula is C13H12ClNOS. The van der Waals surface area contributed by atoms with Crippen molar-refractivity contribution in [2.24, 2.45) is 0 Å². The molecule has 4 heteroatoms. The van der Waals surface area contributed by atoms with Crippen molar-refractivity contribution in [2.75, 3.05) is 12.8 Å². The van der Waals surface area contributed by atoms with E-state index in [-0.39, 0.29) is 0 Å². The molecule has 0 aliphatic carbocycles. The van der Waals surface area contributed by atoms with Crippen LogP contribution in [-0.2, 0) is 0 Å².